The van der Waals surface area contributed by atoms with Crippen molar-refractivity contribution in [3.8, 4) is 0 Å². The van der Waals surface area contributed by atoms with Crippen LogP contribution in [0.5, 0.6) is 0 Å². The van der Waals surface area contributed by atoms with Crippen LogP contribution in [0.3, 0.4) is 0 Å². The van der Waals surface area contributed by atoms with E-state index in [4.69, 9.17) is 0 Å². The van der Waals surface area contributed by atoms with Crippen LogP contribution in [0, 0.1) is 0 Å². The first-order valence-electron chi connectivity index (χ1n) is 5.20. The molecule has 0 spiro atoms. The smallest absolute Gasteiger partial charge is 0.0902 e. The highest BCUT2D eigenvalue weighted by molar-refractivity contribution is 8.00. The molecule has 1 aliphatic carbocycles. The molecule has 74 valence electrons. The van der Waals surface area contributed by atoms with E-state index in [-0.39, 0.29) is 0 Å². The van der Waals surface area contributed by atoms with Gasteiger partial charge in [-0.1, -0.05) is 19.1 Å². The lowest BCUT2D eigenvalue weighted by Crippen LogP contribution is -2.08. The average molecular weight is 206 g/mol. The van der Waals surface area contributed by atoms with Gasteiger partial charge in [0.25, 0.3) is 0 Å². The van der Waals surface area contributed by atoms with Crippen LogP contribution in [-0.4, -0.2) is 10.4 Å². The fourth-order valence-electron chi connectivity index (χ4n) is 2.26. The van der Waals surface area contributed by atoms with Gasteiger partial charge in [0.05, 0.1) is 5.60 Å². The zero-order valence-corrected chi connectivity index (χ0v) is 9.10. The van der Waals surface area contributed by atoms with E-state index < -0.39 is 5.60 Å². The molecule has 0 aromatic heterocycles. The van der Waals surface area contributed by atoms with E-state index in [2.05, 4.69) is 25.1 Å². The number of benzene rings is 1. The SMILES string of the molecule is CC1Cc2c(cccc2C2(O)CC2)S1. The Morgan fingerprint density at radius 3 is 2.93 bits per heavy atom. The number of hydrogen-bond donors (Lipinski definition) is 1. The Hall–Kier alpha value is -0.470. The topological polar surface area (TPSA) is 20.2 Å². The van der Waals surface area contributed by atoms with Gasteiger partial charge in [0, 0.05) is 10.1 Å². The lowest BCUT2D eigenvalue weighted by Gasteiger charge is -2.12. The molecular weight excluding hydrogens is 192 g/mol. The van der Waals surface area contributed by atoms with Crippen LogP contribution in [0.25, 0.3) is 0 Å². The summed E-state index contributed by atoms with van der Waals surface area (Å²) in [5, 5.41) is 10.8. The highest BCUT2D eigenvalue weighted by Gasteiger charge is 2.44. The van der Waals surface area contributed by atoms with E-state index in [0.29, 0.717) is 5.25 Å². The largest absolute Gasteiger partial charge is 0.385 e. The number of thioether (sulfide) groups is 1. The quantitative estimate of drug-likeness (QED) is 0.762. The number of aliphatic hydroxyl groups is 1. The average Bonchev–Trinajstić information content (AvgIpc) is 2.78. The monoisotopic (exact) mass is 206 g/mol. The third kappa shape index (κ3) is 1.21. The summed E-state index contributed by atoms with van der Waals surface area (Å²) in [5.41, 5.74) is 2.15. The summed E-state index contributed by atoms with van der Waals surface area (Å²) in [5.74, 6) is 0. The Labute approximate surface area is 88.5 Å². The molecule has 3 rings (SSSR count). The van der Waals surface area contributed by atoms with Crippen LogP contribution in [-0.2, 0) is 12.0 Å². The zero-order chi connectivity index (χ0) is 9.76. The van der Waals surface area contributed by atoms with E-state index in [1.165, 1.54) is 16.0 Å². The summed E-state index contributed by atoms with van der Waals surface area (Å²) in [6, 6.07) is 6.36. The molecule has 1 atom stereocenters. The fraction of sp³-hybridized carbons (Fsp3) is 0.500. The van der Waals surface area contributed by atoms with E-state index >= 15 is 0 Å². The molecule has 0 radical (unpaired) electrons. The maximum atomic E-state index is 10.1. The molecule has 0 amide bonds. The summed E-state index contributed by atoms with van der Waals surface area (Å²) in [4.78, 5) is 1.38. The Morgan fingerprint density at radius 1 is 1.43 bits per heavy atom. The molecule has 1 unspecified atom stereocenters. The molecule has 0 saturated heterocycles. The molecule has 1 saturated carbocycles. The predicted octanol–water partition coefficient (Wildman–Crippen LogP) is 2.70. The van der Waals surface area contributed by atoms with Crippen molar-refractivity contribution < 1.29 is 5.11 Å². The predicted molar refractivity (Wildman–Crippen MR) is 58.6 cm³/mol. The van der Waals surface area contributed by atoms with Gasteiger partial charge in [-0.2, -0.15) is 0 Å². The first-order valence-corrected chi connectivity index (χ1v) is 6.08. The Balaban J connectivity index is 2.10. The molecule has 1 aromatic rings. The lowest BCUT2D eigenvalue weighted by atomic mass is 9.98. The maximum absolute atomic E-state index is 10.1. The van der Waals surface area contributed by atoms with Crippen molar-refractivity contribution in [3.05, 3.63) is 29.3 Å². The Kier molecular flexibility index (Phi) is 1.74. The van der Waals surface area contributed by atoms with Crippen molar-refractivity contribution in [1.82, 2.24) is 0 Å². The van der Waals surface area contributed by atoms with Crippen molar-refractivity contribution in [1.29, 1.82) is 0 Å². The van der Waals surface area contributed by atoms with Crippen LogP contribution in [0.15, 0.2) is 23.1 Å². The van der Waals surface area contributed by atoms with Crippen molar-refractivity contribution in [2.75, 3.05) is 0 Å². The van der Waals surface area contributed by atoms with Gasteiger partial charge in [0.2, 0.25) is 0 Å². The third-order valence-corrected chi connectivity index (χ3v) is 4.38. The molecule has 1 aromatic carbocycles. The number of rotatable bonds is 1. The molecular formula is C12H14OS. The maximum Gasteiger partial charge on any atom is 0.0902 e. The minimum absolute atomic E-state index is 0.462. The normalized spacial score (nSPS) is 27.4. The minimum Gasteiger partial charge on any atom is -0.385 e. The molecule has 1 fully saturated rings. The van der Waals surface area contributed by atoms with E-state index in [9.17, 15) is 5.11 Å². The summed E-state index contributed by atoms with van der Waals surface area (Å²) >= 11 is 1.94. The lowest BCUT2D eigenvalue weighted by molar-refractivity contribution is 0.150. The van der Waals surface area contributed by atoms with Crippen LogP contribution in [0.4, 0.5) is 0 Å². The zero-order valence-electron chi connectivity index (χ0n) is 8.29. The first kappa shape index (κ1) is 8.81. The Bertz CT molecular complexity index is 382. The standard InChI is InChI=1S/C12H14OS/c1-8-7-9-10(12(13)5-6-12)3-2-4-11(9)14-8/h2-4,8,13H,5-7H2,1H3. The summed E-state index contributed by atoms with van der Waals surface area (Å²) in [6.07, 6.45) is 3.02. The first-order chi connectivity index (χ1) is 6.69. The van der Waals surface area contributed by atoms with Crippen LogP contribution >= 0.6 is 11.8 Å². The number of fused-ring (bicyclic) bond motifs is 1. The second-order valence-electron chi connectivity index (χ2n) is 4.45. The van der Waals surface area contributed by atoms with Crippen molar-refractivity contribution in [2.45, 2.75) is 41.9 Å². The van der Waals surface area contributed by atoms with Crippen LogP contribution in [0.1, 0.15) is 30.9 Å². The second-order valence-corrected chi connectivity index (χ2v) is 5.93. The van der Waals surface area contributed by atoms with Gasteiger partial charge in [-0.05, 0) is 36.5 Å². The molecule has 2 aliphatic rings. The molecule has 1 nitrogen and oxygen atoms in total. The van der Waals surface area contributed by atoms with Gasteiger partial charge in [-0.25, -0.2) is 0 Å². The highest BCUT2D eigenvalue weighted by atomic mass is 32.2. The van der Waals surface area contributed by atoms with Crippen molar-refractivity contribution in [3.63, 3.8) is 0 Å². The molecule has 1 heterocycles. The van der Waals surface area contributed by atoms with Gasteiger partial charge in [0.1, 0.15) is 0 Å². The minimum atomic E-state index is -0.462. The van der Waals surface area contributed by atoms with Crippen LogP contribution < -0.4 is 0 Å². The Morgan fingerprint density at radius 2 is 2.21 bits per heavy atom. The molecule has 2 heteroatoms. The molecule has 14 heavy (non-hydrogen) atoms. The highest BCUT2D eigenvalue weighted by Crippen LogP contribution is 2.50. The summed E-state index contributed by atoms with van der Waals surface area (Å²) < 4.78 is 0. The van der Waals surface area contributed by atoms with Gasteiger partial charge in [0.15, 0.2) is 0 Å². The van der Waals surface area contributed by atoms with Gasteiger partial charge in [-0.3, -0.25) is 0 Å². The van der Waals surface area contributed by atoms with Gasteiger partial charge < -0.3 is 5.11 Å². The van der Waals surface area contributed by atoms with E-state index in [0.717, 1.165) is 19.3 Å². The van der Waals surface area contributed by atoms with Crippen molar-refractivity contribution >= 4 is 11.8 Å². The molecule has 0 bridgehead atoms. The second kappa shape index (κ2) is 2.77. The van der Waals surface area contributed by atoms with Gasteiger partial charge in [-0.15, -0.1) is 11.8 Å². The number of hydrogen-bond acceptors (Lipinski definition) is 2. The third-order valence-electron chi connectivity index (χ3n) is 3.18. The van der Waals surface area contributed by atoms with E-state index in [1.54, 1.807) is 0 Å². The van der Waals surface area contributed by atoms with Crippen molar-refractivity contribution in [2.24, 2.45) is 0 Å². The summed E-state index contributed by atoms with van der Waals surface area (Å²) in [7, 11) is 0. The van der Waals surface area contributed by atoms with Gasteiger partial charge >= 0.3 is 0 Å². The summed E-state index contributed by atoms with van der Waals surface area (Å²) in [6.45, 7) is 2.26. The molecule has 1 aliphatic heterocycles. The molecule has 1 N–H and O–H groups in total. The van der Waals surface area contributed by atoms with Crippen LogP contribution in [0.2, 0.25) is 0 Å². The fourth-order valence-corrected chi connectivity index (χ4v) is 3.43. The van der Waals surface area contributed by atoms with E-state index in [1.807, 2.05) is 11.8 Å².